The second-order valence-electron chi connectivity index (χ2n) is 5.17. The fourth-order valence-corrected chi connectivity index (χ4v) is 3.13. The zero-order chi connectivity index (χ0) is 12.7. The molecule has 0 aliphatic carbocycles. The number of hydrogen-bond acceptors (Lipinski definition) is 3. The van der Waals surface area contributed by atoms with Crippen LogP contribution in [0.2, 0.25) is 0 Å². The van der Waals surface area contributed by atoms with Gasteiger partial charge in [-0.2, -0.15) is 0 Å². The number of ether oxygens (including phenoxy) is 1. The van der Waals surface area contributed by atoms with Gasteiger partial charge in [-0.25, -0.2) is 0 Å². The van der Waals surface area contributed by atoms with Gasteiger partial charge >= 0.3 is 0 Å². The van der Waals surface area contributed by atoms with Gasteiger partial charge in [-0.05, 0) is 32.6 Å². The first-order valence-corrected chi connectivity index (χ1v) is 7.29. The van der Waals surface area contributed by atoms with Crippen LogP contribution >= 0.6 is 0 Å². The average Bonchev–Trinajstić information content (AvgIpc) is 2.38. The molecule has 2 N–H and O–H groups in total. The minimum Gasteiger partial charge on any atom is -0.378 e. The Labute approximate surface area is 107 Å². The molecule has 1 rings (SSSR count). The summed E-state index contributed by atoms with van der Waals surface area (Å²) >= 11 is 0. The standard InChI is InChI=1S/C14H30N2O/c1-4-9-14(5-2,12-15)16-10-7-13(8-11-16)17-6-3/h13H,4-12,15H2,1-3H3. The van der Waals surface area contributed by atoms with Crippen LogP contribution in [0.1, 0.15) is 52.9 Å². The molecule has 0 spiro atoms. The van der Waals surface area contributed by atoms with Gasteiger partial charge in [0.25, 0.3) is 0 Å². The van der Waals surface area contributed by atoms with E-state index in [4.69, 9.17) is 10.5 Å². The number of rotatable bonds is 7. The zero-order valence-electron chi connectivity index (χ0n) is 11.9. The molecule has 1 unspecified atom stereocenters. The largest absolute Gasteiger partial charge is 0.378 e. The molecule has 3 nitrogen and oxygen atoms in total. The monoisotopic (exact) mass is 242 g/mol. The van der Waals surface area contributed by atoms with Crippen molar-refractivity contribution in [2.24, 2.45) is 5.73 Å². The SMILES string of the molecule is CCCC(CC)(CN)N1CCC(OCC)CC1. The van der Waals surface area contributed by atoms with Crippen LogP contribution in [0.5, 0.6) is 0 Å². The van der Waals surface area contributed by atoms with Gasteiger partial charge in [0.05, 0.1) is 6.10 Å². The molecule has 1 saturated heterocycles. The maximum absolute atomic E-state index is 6.06. The van der Waals surface area contributed by atoms with E-state index >= 15 is 0 Å². The van der Waals surface area contributed by atoms with Crippen LogP contribution in [0.3, 0.4) is 0 Å². The van der Waals surface area contributed by atoms with Crippen molar-refractivity contribution in [1.82, 2.24) is 4.90 Å². The Balaban J connectivity index is 2.54. The van der Waals surface area contributed by atoms with Crippen LogP contribution in [0.25, 0.3) is 0 Å². The van der Waals surface area contributed by atoms with Crippen molar-refractivity contribution in [3.8, 4) is 0 Å². The first-order chi connectivity index (χ1) is 8.22. The van der Waals surface area contributed by atoms with E-state index in [2.05, 4.69) is 25.7 Å². The van der Waals surface area contributed by atoms with Gasteiger partial charge in [0.2, 0.25) is 0 Å². The van der Waals surface area contributed by atoms with E-state index in [0.717, 1.165) is 32.7 Å². The zero-order valence-corrected chi connectivity index (χ0v) is 11.9. The number of likely N-dealkylation sites (tertiary alicyclic amines) is 1. The van der Waals surface area contributed by atoms with E-state index in [9.17, 15) is 0 Å². The molecule has 0 aromatic heterocycles. The summed E-state index contributed by atoms with van der Waals surface area (Å²) in [6.45, 7) is 10.5. The first-order valence-electron chi connectivity index (χ1n) is 7.29. The summed E-state index contributed by atoms with van der Waals surface area (Å²) < 4.78 is 5.71. The van der Waals surface area contributed by atoms with Crippen LogP contribution in [-0.4, -0.2) is 42.8 Å². The molecule has 17 heavy (non-hydrogen) atoms. The van der Waals surface area contributed by atoms with Crippen molar-refractivity contribution < 1.29 is 4.74 Å². The van der Waals surface area contributed by atoms with E-state index < -0.39 is 0 Å². The van der Waals surface area contributed by atoms with E-state index in [0.29, 0.717) is 6.10 Å². The highest BCUT2D eigenvalue weighted by Crippen LogP contribution is 2.28. The third-order valence-corrected chi connectivity index (χ3v) is 4.27. The number of nitrogens with zero attached hydrogens (tertiary/aromatic N) is 1. The molecular weight excluding hydrogens is 212 g/mol. The van der Waals surface area contributed by atoms with E-state index in [-0.39, 0.29) is 5.54 Å². The summed E-state index contributed by atoms with van der Waals surface area (Å²) in [7, 11) is 0. The van der Waals surface area contributed by atoms with Gasteiger partial charge < -0.3 is 10.5 Å². The van der Waals surface area contributed by atoms with Gasteiger partial charge in [-0.3, -0.25) is 4.90 Å². The lowest BCUT2D eigenvalue weighted by molar-refractivity contribution is -0.0220. The Hall–Kier alpha value is -0.120. The van der Waals surface area contributed by atoms with Crippen LogP contribution in [0.4, 0.5) is 0 Å². The first kappa shape index (κ1) is 14.9. The molecule has 1 fully saturated rings. The Morgan fingerprint density at radius 3 is 2.29 bits per heavy atom. The Morgan fingerprint density at radius 1 is 1.24 bits per heavy atom. The third kappa shape index (κ3) is 3.67. The fourth-order valence-electron chi connectivity index (χ4n) is 3.13. The summed E-state index contributed by atoms with van der Waals surface area (Å²) in [5, 5.41) is 0. The lowest BCUT2D eigenvalue weighted by Crippen LogP contribution is -2.56. The molecule has 0 radical (unpaired) electrons. The minimum atomic E-state index is 0.242. The van der Waals surface area contributed by atoms with Crippen LogP contribution in [-0.2, 0) is 4.74 Å². The van der Waals surface area contributed by atoms with Gasteiger partial charge in [0, 0.05) is 31.8 Å². The highest BCUT2D eigenvalue weighted by Gasteiger charge is 2.35. The molecule has 102 valence electrons. The summed E-state index contributed by atoms with van der Waals surface area (Å²) in [5.74, 6) is 0. The Bertz CT molecular complexity index is 196. The summed E-state index contributed by atoms with van der Waals surface area (Å²) in [5.41, 5.74) is 6.30. The lowest BCUT2D eigenvalue weighted by atomic mass is 9.86. The van der Waals surface area contributed by atoms with Crippen LogP contribution in [0.15, 0.2) is 0 Å². The predicted octanol–water partition coefficient (Wildman–Crippen LogP) is 2.39. The lowest BCUT2D eigenvalue weighted by Gasteiger charge is -2.46. The maximum Gasteiger partial charge on any atom is 0.0599 e. The quantitative estimate of drug-likeness (QED) is 0.745. The molecule has 1 atom stereocenters. The Kier molecular flexibility index (Phi) is 6.45. The summed E-state index contributed by atoms with van der Waals surface area (Å²) in [6, 6.07) is 0. The van der Waals surface area contributed by atoms with Crippen LogP contribution in [0, 0.1) is 0 Å². The van der Waals surface area contributed by atoms with Gasteiger partial charge in [-0.1, -0.05) is 20.3 Å². The minimum absolute atomic E-state index is 0.242. The highest BCUT2D eigenvalue weighted by atomic mass is 16.5. The number of piperidine rings is 1. The molecular formula is C14H30N2O. The van der Waals surface area contributed by atoms with Crippen molar-refractivity contribution in [2.45, 2.75) is 64.5 Å². The van der Waals surface area contributed by atoms with Crippen molar-refractivity contribution in [3.63, 3.8) is 0 Å². The van der Waals surface area contributed by atoms with E-state index in [1.54, 1.807) is 0 Å². The average molecular weight is 242 g/mol. The van der Waals surface area contributed by atoms with Crippen molar-refractivity contribution in [1.29, 1.82) is 0 Å². The van der Waals surface area contributed by atoms with Gasteiger partial charge in [0.1, 0.15) is 0 Å². The second kappa shape index (κ2) is 7.34. The summed E-state index contributed by atoms with van der Waals surface area (Å²) in [4.78, 5) is 2.62. The molecule has 1 aliphatic rings. The topological polar surface area (TPSA) is 38.5 Å². The highest BCUT2D eigenvalue weighted by molar-refractivity contribution is 4.92. The normalized spacial score (nSPS) is 22.6. The molecule has 0 amide bonds. The molecule has 3 heteroatoms. The number of nitrogens with two attached hydrogens (primary N) is 1. The second-order valence-corrected chi connectivity index (χ2v) is 5.17. The van der Waals surface area contributed by atoms with Gasteiger partial charge in [0.15, 0.2) is 0 Å². The van der Waals surface area contributed by atoms with Crippen molar-refractivity contribution in [2.75, 3.05) is 26.2 Å². The van der Waals surface area contributed by atoms with Crippen LogP contribution < -0.4 is 5.73 Å². The molecule has 1 aliphatic heterocycles. The summed E-state index contributed by atoms with van der Waals surface area (Å²) in [6.07, 6.45) is 6.41. The maximum atomic E-state index is 6.06. The Morgan fingerprint density at radius 2 is 1.88 bits per heavy atom. The molecule has 0 aromatic carbocycles. The van der Waals surface area contributed by atoms with E-state index in [1.165, 1.54) is 25.7 Å². The van der Waals surface area contributed by atoms with Crippen molar-refractivity contribution in [3.05, 3.63) is 0 Å². The smallest absolute Gasteiger partial charge is 0.0599 e. The predicted molar refractivity (Wildman–Crippen MR) is 73.2 cm³/mol. The number of hydrogen-bond donors (Lipinski definition) is 1. The third-order valence-electron chi connectivity index (χ3n) is 4.27. The van der Waals surface area contributed by atoms with Gasteiger partial charge in [-0.15, -0.1) is 0 Å². The molecule has 1 heterocycles. The molecule has 0 bridgehead atoms. The molecule has 0 aromatic rings. The molecule has 0 saturated carbocycles. The van der Waals surface area contributed by atoms with E-state index in [1.807, 2.05) is 0 Å². The van der Waals surface area contributed by atoms with Crippen molar-refractivity contribution >= 4 is 0 Å². The fraction of sp³-hybridized carbons (Fsp3) is 1.00.